The molecule has 0 spiro atoms. The van der Waals surface area contributed by atoms with Gasteiger partial charge in [0.25, 0.3) is 5.91 Å². The number of nitrogens with zero attached hydrogens (tertiary/aromatic N) is 2. The normalized spacial score (nSPS) is 14.2. The van der Waals surface area contributed by atoms with Crippen molar-refractivity contribution in [3.8, 4) is 16.9 Å². The van der Waals surface area contributed by atoms with E-state index in [2.05, 4.69) is 10.3 Å². The molecule has 6 nitrogen and oxygen atoms in total. The summed E-state index contributed by atoms with van der Waals surface area (Å²) in [6.45, 7) is 3.46. The van der Waals surface area contributed by atoms with Crippen LogP contribution in [-0.4, -0.2) is 51.4 Å². The second-order valence-corrected chi connectivity index (χ2v) is 10.2. The van der Waals surface area contributed by atoms with E-state index >= 15 is 0 Å². The first kappa shape index (κ1) is 24.2. The molecule has 2 amide bonds. The predicted molar refractivity (Wildman–Crippen MR) is 135 cm³/mol. The van der Waals surface area contributed by atoms with Gasteiger partial charge < -0.3 is 15.3 Å². The van der Waals surface area contributed by atoms with Gasteiger partial charge in [-0.2, -0.15) is 11.8 Å². The molecule has 9 heteroatoms. The molecule has 0 radical (unpaired) electrons. The number of anilines is 1. The second kappa shape index (κ2) is 11.0. The highest BCUT2D eigenvalue weighted by Crippen LogP contribution is 2.32. The Morgan fingerprint density at radius 2 is 1.94 bits per heavy atom. The fourth-order valence-electron chi connectivity index (χ4n) is 3.93. The van der Waals surface area contributed by atoms with E-state index in [1.807, 2.05) is 11.8 Å². The summed E-state index contributed by atoms with van der Waals surface area (Å²) in [7, 11) is 0. The maximum absolute atomic E-state index is 13.9. The van der Waals surface area contributed by atoms with Crippen LogP contribution in [0.3, 0.4) is 0 Å². The van der Waals surface area contributed by atoms with Gasteiger partial charge in [-0.15, -0.1) is 11.3 Å². The van der Waals surface area contributed by atoms with Gasteiger partial charge in [0.2, 0.25) is 5.91 Å². The van der Waals surface area contributed by atoms with Crippen molar-refractivity contribution >= 4 is 40.6 Å². The molecule has 0 unspecified atom stereocenters. The number of thiazole rings is 1. The third kappa shape index (κ3) is 5.77. The zero-order valence-electron chi connectivity index (χ0n) is 18.8. The number of amides is 2. The van der Waals surface area contributed by atoms with Crippen LogP contribution in [0.2, 0.25) is 0 Å². The summed E-state index contributed by atoms with van der Waals surface area (Å²) in [5, 5.41) is 15.0. The lowest BCUT2D eigenvalue weighted by Gasteiger charge is -2.31. The van der Waals surface area contributed by atoms with Crippen LogP contribution in [0.5, 0.6) is 5.75 Å². The Morgan fingerprint density at radius 1 is 1.21 bits per heavy atom. The molecule has 2 N–H and O–H groups in total. The van der Waals surface area contributed by atoms with Crippen molar-refractivity contribution in [2.24, 2.45) is 0 Å². The summed E-state index contributed by atoms with van der Waals surface area (Å²) in [6, 6.07) is 10.5. The number of hydrogen-bond acceptors (Lipinski definition) is 6. The molecule has 178 valence electrons. The van der Waals surface area contributed by atoms with Gasteiger partial charge in [-0.05, 0) is 54.5 Å². The third-order valence-electron chi connectivity index (χ3n) is 5.79. The quantitative estimate of drug-likeness (QED) is 0.457. The highest BCUT2D eigenvalue weighted by atomic mass is 32.2. The molecule has 1 saturated heterocycles. The summed E-state index contributed by atoms with van der Waals surface area (Å²) in [5.74, 6) is 1.20. The minimum atomic E-state index is -0.421. The van der Waals surface area contributed by atoms with Gasteiger partial charge in [0, 0.05) is 35.6 Å². The number of hydrogen-bond donors (Lipinski definition) is 2. The molecule has 34 heavy (non-hydrogen) atoms. The average molecular weight is 500 g/mol. The van der Waals surface area contributed by atoms with Crippen LogP contribution in [0.25, 0.3) is 11.1 Å². The first-order chi connectivity index (χ1) is 16.4. The number of piperidine rings is 1. The molecule has 2 aromatic carbocycles. The van der Waals surface area contributed by atoms with E-state index in [1.165, 1.54) is 41.7 Å². The van der Waals surface area contributed by atoms with Crippen molar-refractivity contribution in [3.05, 3.63) is 64.4 Å². The number of aromatic hydroxyl groups is 1. The van der Waals surface area contributed by atoms with Crippen molar-refractivity contribution < 1.29 is 19.1 Å². The van der Waals surface area contributed by atoms with Gasteiger partial charge in [-0.25, -0.2) is 9.37 Å². The summed E-state index contributed by atoms with van der Waals surface area (Å²) >= 11 is 3.09. The monoisotopic (exact) mass is 499 g/mol. The largest absolute Gasteiger partial charge is 0.508 e. The summed E-state index contributed by atoms with van der Waals surface area (Å²) < 4.78 is 13.9. The van der Waals surface area contributed by atoms with Gasteiger partial charge in [0.1, 0.15) is 17.3 Å². The molecule has 2 heterocycles. The molecular weight excluding hydrogens is 473 g/mol. The van der Waals surface area contributed by atoms with Gasteiger partial charge in [0.15, 0.2) is 0 Å². The molecule has 1 fully saturated rings. The van der Waals surface area contributed by atoms with Crippen LogP contribution in [0.1, 0.15) is 41.2 Å². The van der Waals surface area contributed by atoms with Crippen molar-refractivity contribution in [3.63, 3.8) is 0 Å². The maximum Gasteiger partial charge on any atom is 0.275 e. The Morgan fingerprint density at radius 3 is 2.65 bits per heavy atom. The Bertz CT molecular complexity index is 1160. The van der Waals surface area contributed by atoms with Gasteiger partial charge in [-0.1, -0.05) is 19.1 Å². The van der Waals surface area contributed by atoms with E-state index in [1.54, 1.807) is 29.3 Å². The molecule has 0 atom stereocenters. The molecule has 3 aromatic rings. The molecule has 4 rings (SSSR count). The summed E-state index contributed by atoms with van der Waals surface area (Å²) in [4.78, 5) is 31.6. The first-order valence-corrected chi connectivity index (χ1v) is 13.2. The van der Waals surface area contributed by atoms with Crippen LogP contribution in [0.4, 0.5) is 10.1 Å². The Balaban J connectivity index is 1.42. The number of phenols is 1. The summed E-state index contributed by atoms with van der Waals surface area (Å²) in [6.07, 6.45) is 1.67. The third-order valence-corrected chi connectivity index (χ3v) is 7.66. The molecule has 1 aliphatic rings. The number of thioether (sulfide) groups is 1. The van der Waals surface area contributed by atoms with Crippen LogP contribution in [0, 0.1) is 5.82 Å². The second-order valence-electron chi connectivity index (χ2n) is 8.05. The van der Waals surface area contributed by atoms with Crippen molar-refractivity contribution in [2.75, 3.05) is 29.9 Å². The lowest BCUT2D eigenvalue weighted by atomic mass is 9.97. The Labute approximate surface area is 206 Å². The van der Waals surface area contributed by atoms with Crippen LogP contribution in [0.15, 0.2) is 47.8 Å². The lowest BCUT2D eigenvalue weighted by molar-refractivity contribution is -0.129. The van der Waals surface area contributed by atoms with E-state index in [0.29, 0.717) is 41.4 Å². The number of likely N-dealkylation sites (tertiary alicyclic amines) is 1. The minimum Gasteiger partial charge on any atom is -0.508 e. The maximum atomic E-state index is 13.9. The van der Waals surface area contributed by atoms with E-state index in [9.17, 15) is 19.1 Å². The molecule has 0 aliphatic carbocycles. The zero-order chi connectivity index (χ0) is 24.1. The number of rotatable bonds is 7. The van der Waals surface area contributed by atoms with Gasteiger partial charge >= 0.3 is 0 Å². The van der Waals surface area contributed by atoms with Crippen molar-refractivity contribution in [1.82, 2.24) is 9.88 Å². The Kier molecular flexibility index (Phi) is 7.84. The van der Waals surface area contributed by atoms with E-state index in [-0.39, 0.29) is 23.5 Å². The van der Waals surface area contributed by atoms with Crippen LogP contribution < -0.4 is 5.32 Å². The van der Waals surface area contributed by atoms with Gasteiger partial charge in [0.05, 0.1) is 10.8 Å². The van der Waals surface area contributed by atoms with Gasteiger partial charge in [-0.3, -0.25) is 9.59 Å². The SMILES string of the molecule is CCSCC(=O)N1CCC(c2nc(C(=O)Nc3ccc(F)cc3-c3ccc(O)cc3)cs2)CC1. The predicted octanol–water partition coefficient (Wildman–Crippen LogP) is 5.37. The number of phenolic OH excluding ortho intramolecular Hbond substituents is 1. The molecular formula is C25H26FN3O3S2. The lowest BCUT2D eigenvalue weighted by Crippen LogP contribution is -2.39. The van der Waals surface area contributed by atoms with E-state index in [4.69, 9.17) is 0 Å². The van der Waals surface area contributed by atoms with E-state index < -0.39 is 5.82 Å². The van der Waals surface area contributed by atoms with Crippen molar-refractivity contribution in [1.29, 1.82) is 0 Å². The molecule has 0 saturated carbocycles. The summed E-state index contributed by atoms with van der Waals surface area (Å²) in [5.41, 5.74) is 1.97. The molecule has 0 bridgehead atoms. The molecule has 1 aromatic heterocycles. The number of halogens is 1. The van der Waals surface area contributed by atoms with Crippen molar-refractivity contribution in [2.45, 2.75) is 25.7 Å². The fraction of sp³-hybridized carbons (Fsp3) is 0.320. The Hall–Kier alpha value is -2.91. The highest BCUT2D eigenvalue weighted by Gasteiger charge is 2.26. The average Bonchev–Trinajstić information content (AvgIpc) is 3.35. The standard InChI is InChI=1S/C25H26FN3O3S2/c1-2-33-15-23(31)29-11-9-17(10-12-29)25-28-22(14-34-25)24(32)27-21-8-5-18(26)13-20(21)16-3-6-19(30)7-4-16/h3-8,13-14,17,30H,2,9-12,15H2,1H3,(H,27,32). The van der Waals surface area contributed by atoms with Crippen LogP contribution in [-0.2, 0) is 4.79 Å². The van der Waals surface area contributed by atoms with Crippen LogP contribution >= 0.6 is 23.1 Å². The molecule has 1 aliphatic heterocycles. The smallest absolute Gasteiger partial charge is 0.275 e. The number of carbonyl (C=O) groups excluding carboxylic acids is 2. The number of aromatic nitrogens is 1. The highest BCUT2D eigenvalue weighted by molar-refractivity contribution is 7.99. The fourth-order valence-corrected chi connectivity index (χ4v) is 5.46. The minimum absolute atomic E-state index is 0.107. The zero-order valence-corrected chi connectivity index (χ0v) is 20.4. The number of nitrogens with one attached hydrogen (secondary N) is 1. The van der Waals surface area contributed by atoms with E-state index in [0.717, 1.165) is 23.6 Å². The number of benzene rings is 2. The number of carbonyl (C=O) groups is 2. The first-order valence-electron chi connectivity index (χ1n) is 11.2. The topological polar surface area (TPSA) is 82.5 Å².